The van der Waals surface area contributed by atoms with Crippen molar-refractivity contribution in [2.75, 3.05) is 0 Å². The van der Waals surface area contributed by atoms with Crippen LogP contribution in [-0.4, -0.2) is 11.6 Å². The smallest absolute Gasteiger partial charge is 0.334 e. The van der Waals surface area contributed by atoms with Crippen molar-refractivity contribution in [3.8, 4) is 0 Å². The van der Waals surface area contributed by atoms with E-state index in [-0.39, 0.29) is 10.8 Å². The molecule has 0 saturated carbocycles. The summed E-state index contributed by atoms with van der Waals surface area (Å²) in [6, 6.07) is 12.9. The van der Waals surface area contributed by atoms with Gasteiger partial charge in [-0.25, -0.2) is 4.79 Å². The lowest BCUT2D eigenvalue weighted by Crippen LogP contribution is -2.32. The quantitative estimate of drug-likeness (QED) is 0.383. The molecule has 2 nitrogen and oxygen atoms in total. The number of benzene rings is 2. The first kappa shape index (κ1) is 14.0. The minimum absolute atomic E-state index is 0.0188. The first-order chi connectivity index (χ1) is 10.6. The minimum atomic E-state index is -0.470. The lowest BCUT2D eigenvalue weighted by atomic mass is 9.87. The summed E-state index contributed by atoms with van der Waals surface area (Å²) in [6.07, 6.45) is 3.54. The summed E-state index contributed by atoms with van der Waals surface area (Å²) in [7, 11) is 0. The molecule has 112 valence electrons. The molecule has 4 rings (SSSR count). The molecule has 22 heavy (non-hydrogen) atoms. The van der Waals surface area contributed by atoms with E-state index < -0.39 is 5.60 Å². The van der Waals surface area contributed by atoms with E-state index in [2.05, 4.69) is 58.9 Å². The van der Waals surface area contributed by atoms with Crippen molar-refractivity contribution in [1.29, 1.82) is 0 Å². The van der Waals surface area contributed by atoms with Crippen LogP contribution in [0.1, 0.15) is 35.2 Å². The summed E-state index contributed by atoms with van der Waals surface area (Å²) in [5.41, 5.74) is 2.72. The van der Waals surface area contributed by atoms with Crippen LogP contribution >= 0.6 is 15.9 Å². The average Bonchev–Trinajstić information content (AvgIpc) is 2.74. The van der Waals surface area contributed by atoms with E-state index in [1.54, 1.807) is 0 Å². The topological polar surface area (TPSA) is 26.3 Å². The Balaban J connectivity index is 1.86. The molecule has 1 heterocycles. The van der Waals surface area contributed by atoms with E-state index in [9.17, 15) is 4.79 Å². The van der Waals surface area contributed by atoms with Crippen molar-refractivity contribution in [3.05, 3.63) is 59.7 Å². The van der Waals surface area contributed by atoms with Gasteiger partial charge in [-0.1, -0.05) is 52.8 Å². The van der Waals surface area contributed by atoms with Gasteiger partial charge in [0.05, 0.1) is 4.83 Å². The van der Waals surface area contributed by atoms with Crippen LogP contribution in [0.5, 0.6) is 0 Å². The molecule has 2 atom stereocenters. The number of carbonyl (C=O) groups excluding carboxylic acids is 1. The second kappa shape index (κ2) is 4.95. The maximum absolute atomic E-state index is 11.9. The van der Waals surface area contributed by atoms with Crippen molar-refractivity contribution >= 4 is 32.7 Å². The Hall–Kier alpha value is -1.61. The van der Waals surface area contributed by atoms with Gasteiger partial charge in [0.1, 0.15) is 5.60 Å². The molecule has 0 bridgehead atoms. The Morgan fingerprint density at radius 2 is 1.95 bits per heavy atom. The minimum Gasteiger partial charge on any atom is -0.454 e. The molecule has 0 radical (unpaired) electrons. The maximum Gasteiger partial charge on any atom is 0.334 e. The molecule has 1 spiro atoms. The van der Waals surface area contributed by atoms with Crippen LogP contribution in [0.25, 0.3) is 10.8 Å². The summed E-state index contributed by atoms with van der Waals surface area (Å²) in [6.45, 7) is 3.86. The van der Waals surface area contributed by atoms with Crippen LogP contribution in [-0.2, 0) is 16.0 Å². The second-order valence-electron chi connectivity index (χ2n) is 6.35. The van der Waals surface area contributed by atoms with E-state index in [0.717, 1.165) is 19.3 Å². The Morgan fingerprint density at radius 1 is 1.23 bits per heavy atom. The van der Waals surface area contributed by atoms with E-state index >= 15 is 0 Å². The summed E-state index contributed by atoms with van der Waals surface area (Å²) >= 11 is 3.84. The number of alkyl halides is 1. The van der Waals surface area contributed by atoms with Crippen molar-refractivity contribution in [3.63, 3.8) is 0 Å². The van der Waals surface area contributed by atoms with Crippen molar-refractivity contribution < 1.29 is 9.53 Å². The Labute approximate surface area is 138 Å². The van der Waals surface area contributed by atoms with Gasteiger partial charge in [-0.2, -0.15) is 0 Å². The van der Waals surface area contributed by atoms with E-state index in [1.807, 2.05) is 0 Å². The number of esters is 1. The number of fused-ring (bicyclic) bond motifs is 2. The van der Waals surface area contributed by atoms with Crippen molar-refractivity contribution in [1.82, 2.24) is 0 Å². The van der Waals surface area contributed by atoms with Crippen molar-refractivity contribution in [2.24, 2.45) is 0 Å². The molecule has 2 aromatic rings. The van der Waals surface area contributed by atoms with Gasteiger partial charge in [0.25, 0.3) is 0 Å². The van der Waals surface area contributed by atoms with Gasteiger partial charge in [-0.3, -0.25) is 0 Å². The van der Waals surface area contributed by atoms with E-state index in [0.29, 0.717) is 12.0 Å². The standard InChI is InChI=1S/C19H17BrO2/c1-12-11-19(22-18(12)21)8-4-7-15-9-13-5-2-3-6-14(13)10-16(15)17(19)20/h2-3,5-6,9-10,17H,1,4,7-8,11H2/t17-,19+/m1/s1. The molecule has 2 aliphatic rings. The number of hydrogen-bond donors (Lipinski definition) is 0. The number of aryl methyl sites for hydroxylation is 1. The molecular weight excluding hydrogens is 340 g/mol. The molecule has 1 aliphatic carbocycles. The fourth-order valence-corrected chi connectivity index (χ4v) is 4.66. The SMILES string of the molecule is C=C1C[C@]2(CCCc3cc4ccccc4cc3[C@H]2Br)OC1=O. The average molecular weight is 357 g/mol. The van der Waals surface area contributed by atoms with Gasteiger partial charge >= 0.3 is 5.97 Å². The predicted octanol–water partition coefficient (Wildman–Crippen LogP) is 4.85. The fourth-order valence-electron chi connectivity index (χ4n) is 3.75. The Morgan fingerprint density at radius 3 is 2.64 bits per heavy atom. The molecular formula is C19H17BrO2. The molecule has 1 fully saturated rings. The van der Waals surface area contributed by atoms with E-state index in [1.165, 1.54) is 21.9 Å². The lowest BCUT2D eigenvalue weighted by molar-refractivity contribution is -0.146. The highest BCUT2D eigenvalue weighted by Gasteiger charge is 2.49. The third-order valence-corrected chi connectivity index (χ3v) is 6.21. The highest BCUT2D eigenvalue weighted by Crippen LogP contribution is 2.51. The number of carbonyl (C=O) groups is 1. The highest BCUT2D eigenvalue weighted by atomic mass is 79.9. The van der Waals surface area contributed by atoms with Crippen LogP contribution in [0, 0.1) is 0 Å². The monoisotopic (exact) mass is 356 g/mol. The fraction of sp³-hybridized carbons (Fsp3) is 0.316. The Bertz CT molecular complexity index is 777. The molecule has 1 saturated heterocycles. The molecule has 0 unspecified atom stereocenters. The van der Waals surface area contributed by atoms with Crippen LogP contribution in [0.3, 0.4) is 0 Å². The third-order valence-electron chi connectivity index (χ3n) is 4.89. The van der Waals surface area contributed by atoms with Crippen LogP contribution < -0.4 is 0 Å². The predicted molar refractivity (Wildman–Crippen MR) is 91.1 cm³/mol. The number of halogens is 1. The second-order valence-corrected chi connectivity index (χ2v) is 7.26. The normalized spacial score (nSPS) is 27.8. The lowest BCUT2D eigenvalue weighted by Gasteiger charge is -2.31. The first-order valence-electron chi connectivity index (χ1n) is 7.66. The summed E-state index contributed by atoms with van der Waals surface area (Å²) in [5.74, 6) is -0.242. The number of hydrogen-bond acceptors (Lipinski definition) is 2. The number of rotatable bonds is 0. The van der Waals surface area contributed by atoms with Crippen molar-refractivity contribution in [2.45, 2.75) is 36.1 Å². The maximum atomic E-state index is 11.9. The van der Waals surface area contributed by atoms with Crippen LogP contribution in [0.4, 0.5) is 0 Å². The zero-order chi connectivity index (χ0) is 15.3. The highest BCUT2D eigenvalue weighted by molar-refractivity contribution is 9.09. The van der Waals surface area contributed by atoms with Crippen LogP contribution in [0.15, 0.2) is 48.6 Å². The first-order valence-corrected chi connectivity index (χ1v) is 8.57. The summed E-state index contributed by atoms with van der Waals surface area (Å²) in [5, 5.41) is 2.50. The molecule has 2 aromatic carbocycles. The largest absolute Gasteiger partial charge is 0.454 e. The van der Waals surface area contributed by atoms with E-state index in [4.69, 9.17) is 4.74 Å². The summed E-state index contributed by atoms with van der Waals surface area (Å²) < 4.78 is 5.78. The van der Waals surface area contributed by atoms with Gasteiger partial charge in [0.15, 0.2) is 0 Å². The van der Waals surface area contributed by atoms with Gasteiger partial charge in [0, 0.05) is 12.0 Å². The van der Waals surface area contributed by atoms with Crippen LogP contribution in [0.2, 0.25) is 0 Å². The van der Waals surface area contributed by atoms with Gasteiger partial charge in [-0.05, 0) is 47.2 Å². The number of ether oxygens (including phenoxy) is 1. The molecule has 0 aromatic heterocycles. The zero-order valence-corrected chi connectivity index (χ0v) is 13.9. The molecule has 0 N–H and O–H groups in total. The Kier molecular flexibility index (Phi) is 3.15. The van der Waals surface area contributed by atoms with Gasteiger partial charge in [0.2, 0.25) is 0 Å². The van der Waals surface area contributed by atoms with Gasteiger partial charge < -0.3 is 4.74 Å². The third kappa shape index (κ3) is 2.03. The molecule has 0 amide bonds. The zero-order valence-electron chi connectivity index (χ0n) is 12.3. The van der Waals surface area contributed by atoms with Gasteiger partial charge in [-0.15, -0.1) is 0 Å². The molecule has 1 aliphatic heterocycles. The molecule has 3 heteroatoms. The summed E-state index contributed by atoms with van der Waals surface area (Å²) in [4.78, 5) is 11.9.